The maximum atomic E-state index is 12.6. The standard InChI is InChI=1S/C14H10O6S.Ca.2H/c15-13(16)9-5-1-3-7-11(9)21(19,20)12-8-4-2-6-10(12)14(17)18;;;/h1-8H,(H,15,16)(H,17,18);;;. The normalized spacial score (nSPS) is 10.5. The summed E-state index contributed by atoms with van der Waals surface area (Å²) in [4.78, 5) is 21.4. The average Bonchev–Trinajstić information content (AvgIpc) is 2.47. The SMILES string of the molecule is O=C(O)c1ccccc1S(=O)(=O)c1ccccc1C(=O)O.[CaH2]. The minimum atomic E-state index is -4.25. The first-order chi connectivity index (χ1) is 9.85. The number of carbonyl (C=O) groups is 2. The quantitative estimate of drug-likeness (QED) is 0.798. The fourth-order valence-corrected chi connectivity index (χ4v) is 3.52. The van der Waals surface area contributed by atoms with Crippen molar-refractivity contribution in [2.24, 2.45) is 0 Å². The molecule has 112 valence electrons. The number of sulfone groups is 1. The van der Waals surface area contributed by atoms with Gasteiger partial charge in [0.05, 0.1) is 20.9 Å². The van der Waals surface area contributed by atoms with E-state index in [0.717, 1.165) is 24.3 Å². The van der Waals surface area contributed by atoms with Crippen LogP contribution in [0.25, 0.3) is 0 Å². The molecule has 0 aromatic heterocycles. The Kier molecular flexibility index (Phi) is 6.13. The van der Waals surface area contributed by atoms with Crippen LogP contribution in [0.5, 0.6) is 0 Å². The first kappa shape index (κ1) is 18.6. The van der Waals surface area contributed by atoms with E-state index in [2.05, 4.69) is 0 Å². The average molecular weight is 348 g/mol. The number of hydrogen-bond acceptors (Lipinski definition) is 4. The molecular formula is C14H12CaO6S. The van der Waals surface area contributed by atoms with Gasteiger partial charge in [0.15, 0.2) is 0 Å². The minimum absolute atomic E-state index is 0. The van der Waals surface area contributed by atoms with Crippen LogP contribution in [0.1, 0.15) is 20.7 Å². The van der Waals surface area contributed by atoms with Gasteiger partial charge in [-0.1, -0.05) is 24.3 Å². The van der Waals surface area contributed by atoms with Crippen LogP contribution in [0.3, 0.4) is 0 Å². The van der Waals surface area contributed by atoms with Crippen LogP contribution in [-0.2, 0) is 9.84 Å². The third kappa shape index (κ3) is 3.49. The van der Waals surface area contributed by atoms with Gasteiger partial charge in [0.25, 0.3) is 0 Å². The van der Waals surface area contributed by atoms with E-state index in [0.29, 0.717) is 0 Å². The molecule has 2 rings (SSSR count). The van der Waals surface area contributed by atoms with Gasteiger partial charge in [-0.15, -0.1) is 0 Å². The van der Waals surface area contributed by atoms with E-state index in [1.165, 1.54) is 24.3 Å². The number of rotatable bonds is 4. The number of aromatic carboxylic acids is 2. The summed E-state index contributed by atoms with van der Waals surface area (Å²) in [5.74, 6) is -2.80. The molecule has 0 fully saturated rings. The molecule has 2 aromatic rings. The van der Waals surface area contributed by atoms with Crippen molar-refractivity contribution < 1.29 is 28.2 Å². The number of hydrogen-bond donors (Lipinski definition) is 2. The molecule has 0 atom stereocenters. The Morgan fingerprint density at radius 3 is 1.36 bits per heavy atom. The number of carboxylic acids is 2. The molecule has 0 radical (unpaired) electrons. The Hall–Kier alpha value is -1.41. The van der Waals surface area contributed by atoms with Crippen LogP contribution in [0.15, 0.2) is 58.3 Å². The molecule has 0 unspecified atom stereocenters. The predicted molar refractivity (Wildman–Crippen MR) is 80.8 cm³/mol. The van der Waals surface area contributed by atoms with Gasteiger partial charge >= 0.3 is 49.7 Å². The summed E-state index contributed by atoms with van der Waals surface area (Å²) in [6.07, 6.45) is 0. The second kappa shape index (κ2) is 7.23. The van der Waals surface area contributed by atoms with Crippen molar-refractivity contribution in [3.05, 3.63) is 59.7 Å². The van der Waals surface area contributed by atoms with Gasteiger partial charge in [-0.05, 0) is 24.3 Å². The van der Waals surface area contributed by atoms with Crippen LogP contribution in [0.2, 0.25) is 0 Å². The third-order valence-electron chi connectivity index (χ3n) is 2.81. The second-order valence-corrected chi connectivity index (χ2v) is 5.99. The molecule has 0 spiro atoms. The summed E-state index contributed by atoms with van der Waals surface area (Å²) in [7, 11) is -4.25. The molecule has 22 heavy (non-hydrogen) atoms. The third-order valence-corrected chi connectivity index (χ3v) is 4.68. The van der Waals surface area contributed by atoms with Crippen molar-refractivity contribution in [1.82, 2.24) is 0 Å². The van der Waals surface area contributed by atoms with Crippen LogP contribution in [0.4, 0.5) is 0 Å². The first-order valence-electron chi connectivity index (χ1n) is 5.75. The van der Waals surface area contributed by atoms with Crippen molar-refractivity contribution in [3.63, 3.8) is 0 Å². The van der Waals surface area contributed by atoms with E-state index >= 15 is 0 Å². The second-order valence-electron chi connectivity index (χ2n) is 4.11. The van der Waals surface area contributed by atoms with E-state index < -0.39 is 42.7 Å². The topological polar surface area (TPSA) is 109 Å². The Labute approximate surface area is 156 Å². The fraction of sp³-hybridized carbons (Fsp3) is 0. The molecule has 0 saturated carbocycles. The van der Waals surface area contributed by atoms with Gasteiger partial charge in [-0.2, -0.15) is 0 Å². The van der Waals surface area contributed by atoms with Crippen LogP contribution >= 0.6 is 0 Å². The first-order valence-corrected chi connectivity index (χ1v) is 7.23. The van der Waals surface area contributed by atoms with E-state index in [9.17, 15) is 18.0 Å². The zero-order chi connectivity index (χ0) is 15.6. The summed E-state index contributed by atoms with van der Waals surface area (Å²) in [5, 5.41) is 18.1. The zero-order valence-electron chi connectivity index (χ0n) is 10.6. The fourth-order valence-electron chi connectivity index (χ4n) is 1.87. The van der Waals surface area contributed by atoms with E-state index in [4.69, 9.17) is 10.2 Å². The molecule has 0 aliphatic carbocycles. The van der Waals surface area contributed by atoms with E-state index in [-0.39, 0.29) is 37.7 Å². The van der Waals surface area contributed by atoms with Crippen molar-refractivity contribution in [2.75, 3.05) is 0 Å². The molecule has 6 nitrogen and oxygen atoms in total. The Morgan fingerprint density at radius 2 is 1.05 bits per heavy atom. The molecule has 0 aliphatic rings. The molecule has 2 N–H and O–H groups in total. The molecule has 0 amide bonds. The summed E-state index contributed by atoms with van der Waals surface area (Å²) in [6, 6.07) is 10.1. The summed E-state index contributed by atoms with van der Waals surface area (Å²) in [5.41, 5.74) is -0.810. The monoisotopic (exact) mass is 348 g/mol. The summed E-state index contributed by atoms with van der Waals surface area (Å²) >= 11 is 0. The van der Waals surface area contributed by atoms with Crippen LogP contribution in [0, 0.1) is 0 Å². The van der Waals surface area contributed by atoms with Gasteiger partial charge in [0.2, 0.25) is 9.84 Å². The predicted octanol–water partition coefficient (Wildman–Crippen LogP) is 1.000. The van der Waals surface area contributed by atoms with Gasteiger partial charge in [-0.3, -0.25) is 0 Å². The Morgan fingerprint density at radius 1 is 0.727 bits per heavy atom. The summed E-state index contributed by atoms with van der Waals surface area (Å²) < 4.78 is 25.1. The van der Waals surface area contributed by atoms with Crippen molar-refractivity contribution in [1.29, 1.82) is 0 Å². The van der Waals surface area contributed by atoms with E-state index in [1.807, 2.05) is 0 Å². The van der Waals surface area contributed by atoms with E-state index in [1.54, 1.807) is 0 Å². The van der Waals surface area contributed by atoms with Crippen molar-refractivity contribution in [3.8, 4) is 0 Å². The molecule has 0 saturated heterocycles. The maximum absolute atomic E-state index is 12.6. The molecule has 0 bridgehead atoms. The summed E-state index contributed by atoms with van der Waals surface area (Å²) in [6.45, 7) is 0. The van der Waals surface area contributed by atoms with Crippen molar-refractivity contribution >= 4 is 59.5 Å². The van der Waals surface area contributed by atoms with Crippen LogP contribution < -0.4 is 0 Å². The van der Waals surface area contributed by atoms with Gasteiger partial charge in [0.1, 0.15) is 0 Å². The zero-order valence-corrected chi connectivity index (χ0v) is 11.4. The van der Waals surface area contributed by atoms with Crippen LogP contribution in [-0.4, -0.2) is 68.3 Å². The van der Waals surface area contributed by atoms with Gasteiger partial charge < -0.3 is 10.2 Å². The number of carboxylic acid groups (broad SMARTS) is 2. The molecule has 8 heteroatoms. The number of benzene rings is 2. The van der Waals surface area contributed by atoms with Gasteiger partial charge in [-0.25, -0.2) is 18.0 Å². The van der Waals surface area contributed by atoms with Gasteiger partial charge in [0, 0.05) is 0 Å². The van der Waals surface area contributed by atoms with Crippen molar-refractivity contribution in [2.45, 2.75) is 9.79 Å². The molecule has 2 aromatic carbocycles. The Bertz CT molecular complexity index is 765. The Balaban J connectivity index is 0.00000242. The molecular weight excluding hydrogens is 336 g/mol. The molecule has 0 heterocycles. The molecule has 0 aliphatic heterocycles.